The fourth-order valence-corrected chi connectivity index (χ4v) is 3.89. The summed E-state index contributed by atoms with van der Waals surface area (Å²) in [6.45, 7) is 1.30. The molecule has 1 saturated heterocycles. The molecule has 1 aliphatic heterocycles. The number of hydrogen-bond acceptors (Lipinski definition) is 3. The Morgan fingerprint density at radius 3 is 2.58 bits per heavy atom. The molecule has 0 atom stereocenters. The van der Waals surface area contributed by atoms with Gasteiger partial charge in [-0.2, -0.15) is 0 Å². The van der Waals surface area contributed by atoms with Gasteiger partial charge in [-0.1, -0.05) is 30.3 Å². The topological polar surface area (TPSA) is 76.3 Å². The minimum atomic E-state index is -0.264. The fraction of sp³-hybridized carbons (Fsp3) is 0.286. The largest absolute Gasteiger partial charge is 0.370 e. The highest BCUT2D eigenvalue weighted by Crippen LogP contribution is 2.29. The van der Waals surface area contributed by atoms with Crippen LogP contribution in [0.15, 0.2) is 48.7 Å². The molecular formula is C21H21N3O2. The van der Waals surface area contributed by atoms with Crippen molar-refractivity contribution in [3.63, 3.8) is 0 Å². The Morgan fingerprint density at radius 2 is 1.81 bits per heavy atom. The molecule has 1 fully saturated rings. The van der Waals surface area contributed by atoms with Gasteiger partial charge in [0.05, 0.1) is 11.1 Å². The molecule has 132 valence electrons. The van der Waals surface area contributed by atoms with Crippen LogP contribution in [0.4, 0.5) is 0 Å². The van der Waals surface area contributed by atoms with Crippen LogP contribution in [0.2, 0.25) is 0 Å². The van der Waals surface area contributed by atoms with E-state index in [0.29, 0.717) is 25.1 Å². The molecule has 0 spiro atoms. The molecule has 0 unspecified atom stereocenters. The third-order valence-corrected chi connectivity index (χ3v) is 5.24. The number of pyridine rings is 1. The number of nitrogens with zero attached hydrogens (tertiary/aromatic N) is 2. The maximum absolute atomic E-state index is 13.2. The van der Waals surface area contributed by atoms with E-state index in [-0.39, 0.29) is 17.7 Å². The number of aromatic nitrogens is 1. The monoisotopic (exact) mass is 347 g/mol. The molecule has 26 heavy (non-hydrogen) atoms. The van der Waals surface area contributed by atoms with Crippen molar-refractivity contribution in [3.8, 4) is 0 Å². The highest BCUT2D eigenvalue weighted by atomic mass is 16.2. The van der Waals surface area contributed by atoms with Crippen LogP contribution in [0.1, 0.15) is 29.6 Å². The standard InChI is InChI=1S/C21H21N3O2/c22-19(25)12-14-7-10-24(11-8-14)21(26)18-13-15-4-1-2-5-16(15)17-6-3-9-23-20(17)18/h1-6,9,13-14H,7-8,10-12H2,(H2,22,25). The van der Waals surface area contributed by atoms with E-state index in [1.165, 1.54) is 0 Å². The number of rotatable bonds is 3. The number of fused-ring (bicyclic) bond motifs is 3. The lowest BCUT2D eigenvalue weighted by Gasteiger charge is -2.31. The zero-order valence-corrected chi connectivity index (χ0v) is 14.5. The van der Waals surface area contributed by atoms with Gasteiger partial charge in [-0.25, -0.2) is 0 Å². The van der Waals surface area contributed by atoms with E-state index in [0.717, 1.165) is 34.5 Å². The van der Waals surface area contributed by atoms with Crippen molar-refractivity contribution in [2.24, 2.45) is 11.7 Å². The Labute approximate surface area is 151 Å². The molecule has 2 heterocycles. The zero-order chi connectivity index (χ0) is 18.1. The summed E-state index contributed by atoms with van der Waals surface area (Å²) in [4.78, 5) is 30.7. The van der Waals surface area contributed by atoms with Gasteiger partial charge in [0.2, 0.25) is 5.91 Å². The van der Waals surface area contributed by atoms with E-state index in [4.69, 9.17) is 5.73 Å². The number of hydrogen-bond donors (Lipinski definition) is 1. The summed E-state index contributed by atoms with van der Waals surface area (Å²) < 4.78 is 0. The summed E-state index contributed by atoms with van der Waals surface area (Å²) in [6.07, 6.45) is 3.76. The molecule has 0 aliphatic carbocycles. The predicted molar refractivity (Wildman–Crippen MR) is 102 cm³/mol. The summed E-state index contributed by atoms with van der Waals surface area (Å²) in [5, 5.41) is 3.14. The lowest BCUT2D eigenvalue weighted by atomic mass is 9.92. The summed E-state index contributed by atoms with van der Waals surface area (Å²) in [5.41, 5.74) is 6.69. The van der Waals surface area contributed by atoms with Gasteiger partial charge in [0, 0.05) is 31.1 Å². The SMILES string of the molecule is NC(=O)CC1CCN(C(=O)c2cc3ccccc3c3cccnc23)CC1. The van der Waals surface area contributed by atoms with Gasteiger partial charge >= 0.3 is 0 Å². The summed E-state index contributed by atoms with van der Waals surface area (Å²) in [6, 6.07) is 13.9. The first-order chi connectivity index (χ1) is 12.6. The van der Waals surface area contributed by atoms with Crippen molar-refractivity contribution in [1.82, 2.24) is 9.88 Å². The minimum Gasteiger partial charge on any atom is -0.370 e. The first-order valence-corrected chi connectivity index (χ1v) is 8.97. The molecule has 5 heteroatoms. The van der Waals surface area contributed by atoms with Crippen LogP contribution < -0.4 is 5.73 Å². The predicted octanol–water partition coefficient (Wildman–Crippen LogP) is 3.12. The Hall–Kier alpha value is -2.95. The summed E-state index contributed by atoms with van der Waals surface area (Å²) >= 11 is 0. The van der Waals surface area contributed by atoms with E-state index in [1.54, 1.807) is 6.20 Å². The lowest BCUT2D eigenvalue weighted by molar-refractivity contribution is -0.119. The summed E-state index contributed by atoms with van der Waals surface area (Å²) in [7, 11) is 0. The van der Waals surface area contributed by atoms with Crippen LogP contribution >= 0.6 is 0 Å². The third-order valence-electron chi connectivity index (χ3n) is 5.24. The van der Waals surface area contributed by atoms with Gasteiger partial charge in [0.1, 0.15) is 0 Å². The number of carbonyl (C=O) groups is 2. The van der Waals surface area contributed by atoms with Crippen LogP contribution in [0.3, 0.4) is 0 Å². The van der Waals surface area contributed by atoms with Crippen LogP contribution in [-0.2, 0) is 4.79 Å². The average Bonchev–Trinajstić information content (AvgIpc) is 2.67. The molecule has 5 nitrogen and oxygen atoms in total. The smallest absolute Gasteiger partial charge is 0.256 e. The fourth-order valence-electron chi connectivity index (χ4n) is 3.89. The number of carbonyl (C=O) groups excluding carboxylic acids is 2. The van der Waals surface area contributed by atoms with Crippen LogP contribution in [0, 0.1) is 5.92 Å². The van der Waals surface area contributed by atoms with Gasteiger partial charge in [-0.3, -0.25) is 14.6 Å². The van der Waals surface area contributed by atoms with Crippen molar-refractivity contribution in [1.29, 1.82) is 0 Å². The highest BCUT2D eigenvalue weighted by molar-refractivity contribution is 6.15. The summed E-state index contributed by atoms with van der Waals surface area (Å²) in [5.74, 6) is 0.0273. The van der Waals surface area contributed by atoms with E-state index in [2.05, 4.69) is 11.1 Å². The zero-order valence-electron chi connectivity index (χ0n) is 14.5. The Bertz CT molecular complexity index is 991. The van der Waals surface area contributed by atoms with E-state index in [1.807, 2.05) is 41.3 Å². The second kappa shape index (κ2) is 6.75. The third kappa shape index (κ3) is 3.01. The first-order valence-electron chi connectivity index (χ1n) is 8.97. The number of primary amides is 1. The highest BCUT2D eigenvalue weighted by Gasteiger charge is 2.26. The Kier molecular flexibility index (Phi) is 4.29. The number of nitrogens with two attached hydrogens (primary N) is 1. The molecule has 3 aromatic rings. The van der Waals surface area contributed by atoms with Crippen molar-refractivity contribution in [2.45, 2.75) is 19.3 Å². The number of likely N-dealkylation sites (tertiary alicyclic amines) is 1. The first kappa shape index (κ1) is 16.5. The van der Waals surface area contributed by atoms with Crippen molar-refractivity contribution < 1.29 is 9.59 Å². The number of benzene rings is 2. The lowest BCUT2D eigenvalue weighted by Crippen LogP contribution is -2.39. The maximum atomic E-state index is 13.2. The van der Waals surface area contributed by atoms with E-state index >= 15 is 0 Å². The molecule has 2 N–H and O–H groups in total. The molecule has 2 amide bonds. The van der Waals surface area contributed by atoms with Crippen LogP contribution in [-0.4, -0.2) is 34.8 Å². The molecule has 1 aromatic heterocycles. The van der Waals surface area contributed by atoms with Crippen molar-refractivity contribution in [3.05, 3.63) is 54.2 Å². The molecule has 2 aromatic carbocycles. The molecular weight excluding hydrogens is 326 g/mol. The van der Waals surface area contributed by atoms with Gasteiger partial charge in [-0.15, -0.1) is 0 Å². The van der Waals surface area contributed by atoms with Crippen LogP contribution in [0.25, 0.3) is 21.7 Å². The molecule has 0 radical (unpaired) electrons. The maximum Gasteiger partial charge on any atom is 0.256 e. The van der Waals surface area contributed by atoms with Crippen LogP contribution in [0.5, 0.6) is 0 Å². The number of amides is 2. The second-order valence-corrected chi connectivity index (χ2v) is 6.95. The molecule has 4 rings (SSSR count). The van der Waals surface area contributed by atoms with Gasteiger partial charge in [0.25, 0.3) is 5.91 Å². The minimum absolute atomic E-state index is 0.0111. The second-order valence-electron chi connectivity index (χ2n) is 6.95. The number of piperidine rings is 1. The molecule has 0 bridgehead atoms. The van der Waals surface area contributed by atoms with E-state index < -0.39 is 0 Å². The Morgan fingerprint density at radius 1 is 1.08 bits per heavy atom. The molecule has 0 saturated carbocycles. The van der Waals surface area contributed by atoms with E-state index in [9.17, 15) is 9.59 Å². The normalized spacial score (nSPS) is 15.5. The quantitative estimate of drug-likeness (QED) is 0.740. The Balaban J connectivity index is 1.68. The van der Waals surface area contributed by atoms with Gasteiger partial charge in [0.15, 0.2) is 0 Å². The van der Waals surface area contributed by atoms with Crippen molar-refractivity contribution in [2.75, 3.05) is 13.1 Å². The molecule has 1 aliphatic rings. The van der Waals surface area contributed by atoms with Crippen molar-refractivity contribution >= 4 is 33.5 Å². The van der Waals surface area contributed by atoms with Gasteiger partial charge in [-0.05, 0) is 41.7 Å². The van der Waals surface area contributed by atoms with Gasteiger partial charge < -0.3 is 10.6 Å². The average molecular weight is 347 g/mol.